The van der Waals surface area contributed by atoms with Crippen LogP contribution in [0.3, 0.4) is 0 Å². The first-order valence-corrected chi connectivity index (χ1v) is 4.67. The Bertz CT molecular complexity index is 699. The van der Waals surface area contributed by atoms with Gasteiger partial charge in [-0.25, -0.2) is 9.50 Å². The number of hydrogen-bond donors (Lipinski definition) is 1. The number of aromatic amines is 1. The van der Waals surface area contributed by atoms with E-state index in [1.165, 1.54) is 12.4 Å². The zero-order chi connectivity index (χ0) is 11.0. The molecule has 0 aliphatic rings. The Balaban J connectivity index is 2.33. The van der Waals surface area contributed by atoms with Gasteiger partial charge in [0.25, 0.3) is 0 Å². The summed E-state index contributed by atoms with van der Waals surface area (Å²) in [5, 5.41) is 4.08. The van der Waals surface area contributed by atoms with Gasteiger partial charge < -0.3 is 4.98 Å². The molecule has 3 rings (SSSR count). The molecule has 0 saturated carbocycles. The van der Waals surface area contributed by atoms with Crippen LogP contribution in [0.1, 0.15) is 0 Å². The van der Waals surface area contributed by atoms with Gasteiger partial charge in [-0.1, -0.05) is 0 Å². The summed E-state index contributed by atoms with van der Waals surface area (Å²) in [5.41, 5.74) is 1.99. The number of H-pyrrole nitrogens is 1. The summed E-state index contributed by atoms with van der Waals surface area (Å²) >= 11 is 0. The molecule has 0 spiro atoms. The van der Waals surface area contributed by atoms with E-state index in [0.29, 0.717) is 5.65 Å². The van der Waals surface area contributed by atoms with Crippen molar-refractivity contribution in [1.82, 2.24) is 24.6 Å². The Labute approximate surface area is 89.6 Å². The minimum absolute atomic E-state index is 0.158. The number of nitrogens with zero attached hydrogens (tertiary/aromatic N) is 4. The molecule has 16 heavy (non-hydrogen) atoms. The highest BCUT2D eigenvalue weighted by Gasteiger charge is 2.05. The Hall–Kier alpha value is -2.50. The standard InChI is InChI=1S/C10H7N5O/c16-10-3-7(1-2-12-10)8-4-11-5-9-13-6-14-15(8)9/h1-6H,(H,12,16). The number of aromatic nitrogens is 5. The van der Waals surface area contributed by atoms with Gasteiger partial charge >= 0.3 is 0 Å². The topological polar surface area (TPSA) is 75.9 Å². The normalized spacial score (nSPS) is 10.8. The van der Waals surface area contributed by atoms with E-state index in [1.54, 1.807) is 29.2 Å². The lowest BCUT2D eigenvalue weighted by atomic mass is 10.2. The molecule has 0 radical (unpaired) electrons. The highest BCUT2D eigenvalue weighted by atomic mass is 16.1. The van der Waals surface area contributed by atoms with Crippen LogP contribution < -0.4 is 5.56 Å². The van der Waals surface area contributed by atoms with E-state index in [9.17, 15) is 4.79 Å². The molecule has 0 fully saturated rings. The van der Waals surface area contributed by atoms with Crippen LogP contribution in [0.15, 0.2) is 41.8 Å². The van der Waals surface area contributed by atoms with Crippen LogP contribution in [0.25, 0.3) is 16.9 Å². The largest absolute Gasteiger partial charge is 0.329 e. The van der Waals surface area contributed by atoms with Crippen LogP contribution >= 0.6 is 0 Å². The van der Waals surface area contributed by atoms with E-state index in [1.807, 2.05) is 0 Å². The monoisotopic (exact) mass is 213 g/mol. The first-order valence-electron chi connectivity index (χ1n) is 4.67. The molecule has 3 heterocycles. The molecule has 0 atom stereocenters. The van der Waals surface area contributed by atoms with Gasteiger partial charge in [-0.05, 0) is 6.07 Å². The average molecular weight is 213 g/mol. The second kappa shape index (κ2) is 3.27. The highest BCUT2D eigenvalue weighted by molar-refractivity contribution is 5.60. The molecule has 3 aromatic rings. The summed E-state index contributed by atoms with van der Waals surface area (Å²) in [6.45, 7) is 0. The van der Waals surface area contributed by atoms with Crippen LogP contribution in [0.5, 0.6) is 0 Å². The lowest BCUT2D eigenvalue weighted by molar-refractivity contribution is 0.954. The molecule has 0 saturated heterocycles. The Kier molecular flexibility index (Phi) is 1.79. The van der Waals surface area contributed by atoms with Gasteiger partial charge in [0.1, 0.15) is 6.33 Å². The van der Waals surface area contributed by atoms with Gasteiger partial charge in [0.2, 0.25) is 5.56 Å². The third kappa shape index (κ3) is 1.28. The molecule has 6 nitrogen and oxygen atoms in total. The van der Waals surface area contributed by atoms with E-state index in [4.69, 9.17) is 0 Å². The predicted octanol–water partition coefficient (Wildman–Crippen LogP) is 0.480. The van der Waals surface area contributed by atoms with Gasteiger partial charge in [-0.3, -0.25) is 9.78 Å². The van der Waals surface area contributed by atoms with Crippen LogP contribution in [0, 0.1) is 0 Å². The van der Waals surface area contributed by atoms with Crippen LogP contribution in [0.2, 0.25) is 0 Å². The van der Waals surface area contributed by atoms with Crippen molar-refractivity contribution in [1.29, 1.82) is 0 Å². The van der Waals surface area contributed by atoms with Crippen molar-refractivity contribution in [3.63, 3.8) is 0 Å². The van der Waals surface area contributed by atoms with Gasteiger partial charge in [0.05, 0.1) is 18.1 Å². The summed E-state index contributed by atoms with van der Waals surface area (Å²) in [5.74, 6) is 0. The van der Waals surface area contributed by atoms with Crippen molar-refractivity contribution in [3.05, 3.63) is 47.4 Å². The maximum Gasteiger partial charge on any atom is 0.248 e. The van der Waals surface area contributed by atoms with E-state index < -0.39 is 0 Å². The van der Waals surface area contributed by atoms with Crippen molar-refractivity contribution in [2.24, 2.45) is 0 Å². The van der Waals surface area contributed by atoms with Crippen molar-refractivity contribution >= 4 is 5.65 Å². The lowest BCUT2D eigenvalue weighted by Gasteiger charge is -2.01. The highest BCUT2D eigenvalue weighted by Crippen LogP contribution is 2.15. The molecule has 1 N–H and O–H groups in total. The fourth-order valence-corrected chi connectivity index (χ4v) is 1.55. The summed E-state index contributed by atoms with van der Waals surface area (Å²) in [6.07, 6.45) is 6.31. The molecule has 0 amide bonds. The average Bonchev–Trinajstić information content (AvgIpc) is 2.76. The Morgan fingerprint density at radius 2 is 2.25 bits per heavy atom. The maximum atomic E-state index is 11.2. The summed E-state index contributed by atoms with van der Waals surface area (Å²) < 4.78 is 1.64. The van der Waals surface area contributed by atoms with Crippen molar-refractivity contribution in [3.8, 4) is 11.3 Å². The molecule has 78 valence electrons. The fraction of sp³-hybridized carbons (Fsp3) is 0. The minimum Gasteiger partial charge on any atom is -0.329 e. The zero-order valence-electron chi connectivity index (χ0n) is 8.16. The molecule has 3 aromatic heterocycles. The molecule has 0 aromatic carbocycles. The smallest absolute Gasteiger partial charge is 0.248 e. The van der Waals surface area contributed by atoms with Crippen molar-refractivity contribution in [2.75, 3.05) is 0 Å². The molecule has 0 unspecified atom stereocenters. The number of pyridine rings is 1. The Morgan fingerprint density at radius 3 is 3.12 bits per heavy atom. The number of rotatable bonds is 1. The lowest BCUT2D eigenvalue weighted by Crippen LogP contribution is -2.04. The molecule has 0 bridgehead atoms. The van der Waals surface area contributed by atoms with E-state index in [-0.39, 0.29) is 5.56 Å². The molecule has 0 aliphatic carbocycles. The van der Waals surface area contributed by atoms with Gasteiger partial charge in [0, 0.05) is 17.8 Å². The second-order valence-electron chi connectivity index (χ2n) is 3.26. The summed E-state index contributed by atoms with van der Waals surface area (Å²) in [7, 11) is 0. The first kappa shape index (κ1) is 8.78. The molecular weight excluding hydrogens is 206 g/mol. The molecule has 6 heteroatoms. The summed E-state index contributed by atoms with van der Waals surface area (Å²) in [4.78, 5) is 21.9. The first-order chi connectivity index (χ1) is 7.84. The zero-order valence-corrected chi connectivity index (χ0v) is 8.16. The van der Waals surface area contributed by atoms with Gasteiger partial charge in [0.15, 0.2) is 5.65 Å². The minimum atomic E-state index is -0.158. The quantitative estimate of drug-likeness (QED) is 0.637. The van der Waals surface area contributed by atoms with Gasteiger partial charge in [-0.2, -0.15) is 5.10 Å². The fourth-order valence-electron chi connectivity index (χ4n) is 1.55. The molecular formula is C10H7N5O. The summed E-state index contributed by atoms with van der Waals surface area (Å²) in [6, 6.07) is 3.29. The number of fused-ring (bicyclic) bond motifs is 1. The van der Waals surface area contributed by atoms with E-state index in [0.717, 1.165) is 11.3 Å². The third-order valence-electron chi connectivity index (χ3n) is 2.26. The van der Waals surface area contributed by atoms with Crippen LogP contribution in [-0.2, 0) is 0 Å². The Morgan fingerprint density at radius 1 is 1.31 bits per heavy atom. The maximum absolute atomic E-state index is 11.2. The van der Waals surface area contributed by atoms with E-state index in [2.05, 4.69) is 20.1 Å². The SMILES string of the molecule is O=c1cc(-c2cncc3ncnn23)cc[nH]1. The second-order valence-corrected chi connectivity index (χ2v) is 3.26. The van der Waals surface area contributed by atoms with Crippen molar-refractivity contribution in [2.45, 2.75) is 0 Å². The van der Waals surface area contributed by atoms with Crippen LogP contribution in [0.4, 0.5) is 0 Å². The number of hydrogen-bond acceptors (Lipinski definition) is 4. The van der Waals surface area contributed by atoms with Crippen molar-refractivity contribution < 1.29 is 0 Å². The molecule has 0 aliphatic heterocycles. The van der Waals surface area contributed by atoms with E-state index >= 15 is 0 Å². The number of nitrogens with one attached hydrogen (secondary N) is 1. The van der Waals surface area contributed by atoms with Crippen LogP contribution in [-0.4, -0.2) is 24.6 Å². The predicted molar refractivity (Wildman–Crippen MR) is 56.8 cm³/mol. The third-order valence-corrected chi connectivity index (χ3v) is 2.26. The van der Waals surface area contributed by atoms with Gasteiger partial charge in [-0.15, -0.1) is 0 Å².